The smallest absolute Gasteiger partial charge is 0.228 e. The molecule has 2 fully saturated rings. The van der Waals surface area contributed by atoms with Gasteiger partial charge in [0.25, 0.3) is 0 Å². The van der Waals surface area contributed by atoms with Gasteiger partial charge in [0.15, 0.2) is 0 Å². The topological polar surface area (TPSA) is 46.9 Å². The van der Waals surface area contributed by atoms with Crippen molar-refractivity contribution in [1.82, 2.24) is 14.9 Å². The molecular weight excluding hydrogens is 274 g/mol. The molecule has 1 N–H and O–H groups in total. The molecule has 22 heavy (non-hydrogen) atoms. The molecule has 0 atom stereocenters. The number of benzene rings is 1. The second-order valence-corrected chi connectivity index (χ2v) is 6.92. The summed E-state index contributed by atoms with van der Waals surface area (Å²) in [7, 11) is 0. The van der Waals surface area contributed by atoms with Gasteiger partial charge in [-0.2, -0.15) is 0 Å². The van der Waals surface area contributed by atoms with Crippen molar-refractivity contribution in [2.24, 2.45) is 5.41 Å². The predicted octanol–water partition coefficient (Wildman–Crippen LogP) is 2.78. The van der Waals surface area contributed by atoms with E-state index in [4.69, 9.17) is 0 Å². The van der Waals surface area contributed by atoms with Crippen LogP contribution in [0.4, 0.5) is 0 Å². The third kappa shape index (κ3) is 2.32. The quantitative estimate of drug-likeness (QED) is 0.922. The van der Waals surface area contributed by atoms with E-state index in [9.17, 15) is 4.79 Å². The summed E-state index contributed by atoms with van der Waals surface area (Å²) in [5.74, 6) is 0.209. The zero-order valence-electron chi connectivity index (χ0n) is 12.9. The Hall–Kier alpha value is -2.10. The minimum atomic E-state index is -0.222. The molecule has 0 saturated heterocycles. The van der Waals surface area contributed by atoms with E-state index >= 15 is 0 Å². The van der Waals surface area contributed by atoms with Crippen LogP contribution < -0.4 is 5.32 Å². The first-order chi connectivity index (χ1) is 10.6. The average molecular weight is 295 g/mol. The van der Waals surface area contributed by atoms with Crippen molar-refractivity contribution in [1.29, 1.82) is 0 Å². The number of rotatable bonds is 5. The highest BCUT2D eigenvalue weighted by Crippen LogP contribution is 2.51. The summed E-state index contributed by atoms with van der Waals surface area (Å²) in [5.41, 5.74) is 2.16. The summed E-state index contributed by atoms with van der Waals surface area (Å²) < 4.78 is 2.01. The van der Waals surface area contributed by atoms with Crippen molar-refractivity contribution in [2.45, 2.75) is 44.7 Å². The van der Waals surface area contributed by atoms with Gasteiger partial charge in [-0.3, -0.25) is 4.79 Å². The van der Waals surface area contributed by atoms with Gasteiger partial charge in [-0.05, 0) is 38.2 Å². The molecule has 2 aliphatic carbocycles. The highest BCUT2D eigenvalue weighted by atomic mass is 16.2. The number of nitrogens with one attached hydrogen (secondary N) is 1. The number of hydrogen-bond donors (Lipinski definition) is 1. The summed E-state index contributed by atoms with van der Waals surface area (Å²) in [6.45, 7) is 2.84. The van der Waals surface area contributed by atoms with Gasteiger partial charge in [-0.15, -0.1) is 0 Å². The molecule has 114 valence electrons. The Labute approximate surface area is 130 Å². The molecule has 0 radical (unpaired) electrons. The maximum Gasteiger partial charge on any atom is 0.228 e. The molecule has 2 aromatic rings. The van der Waals surface area contributed by atoms with Crippen LogP contribution in [0.2, 0.25) is 0 Å². The molecule has 1 aromatic heterocycles. The number of amides is 1. The monoisotopic (exact) mass is 295 g/mol. The average Bonchev–Trinajstić information content (AvgIpc) is 3.39. The van der Waals surface area contributed by atoms with Crippen LogP contribution in [0.3, 0.4) is 0 Å². The fourth-order valence-electron chi connectivity index (χ4n) is 3.24. The summed E-state index contributed by atoms with van der Waals surface area (Å²) >= 11 is 0. The van der Waals surface area contributed by atoms with E-state index in [-0.39, 0.29) is 16.9 Å². The van der Waals surface area contributed by atoms with Crippen LogP contribution in [0.15, 0.2) is 43.0 Å². The van der Waals surface area contributed by atoms with Crippen LogP contribution >= 0.6 is 0 Å². The predicted molar refractivity (Wildman–Crippen MR) is 84.1 cm³/mol. The summed E-state index contributed by atoms with van der Waals surface area (Å²) in [6, 6.07) is 8.51. The normalized spacial score (nSPS) is 20.4. The molecule has 1 heterocycles. The standard InChI is InChI=1S/C18H21N3O/c1-14-3-2-4-15(11-14)18(7-8-18)20-16(22)17(5-6-17)12-21-10-9-19-13-21/h2-4,9-11,13H,5-8,12H2,1H3,(H,20,22). The molecule has 2 saturated carbocycles. The van der Waals surface area contributed by atoms with Gasteiger partial charge in [0.1, 0.15) is 0 Å². The Morgan fingerprint density at radius 1 is 1.32 bits per heavy atom. The van der Waals surface area contributed by atoms with Gasteiger partial charge < -0.3 is 9.88 Å². The van der Waals surface area contributed by atoms with E-state index in [1.165, 1.54) is 11.1 Å². The Morgan fingerprint density at radius 2 is 2.14 bits per heavy atom. The zero-order chi connectivity index (χ0) is 15.2. The van der Waals surface area contributed by atoms with Crippen molar-refractivity contribution in [3.8, 4) is 0 Å². The number of imidazole rings is 1. The minimum Gasteiger partial charge on any atom is -0.346 e. The fourth-order valence-corrected chi connectivity index (χ4v) is 3.24. The number of carbonyl (C=O) groups excluding carboxylic acids is 1. The third-order valence-corrected chi connectivity index (χ3v) is 5.05. The second-order valence-electron chi connectivity index (χ2n) is 6.92. The van der Waals surface area contributed by atoms with Crippen LogP contribution in [0.1, 0.15) is 36.8 Å². The number of aryl methyl sites for hydroxylation is 1. The van der Waals surface area contributed by atoms with Crippen LogP contribution in [0.25, 0.3) is 0 Å². The molecule has 0 bridgehead atoms. The van der Waals surface area contributed by atoms with Crippen LogP contribution in [0, 0.1) is 12.3 Å². The molecule has 1 aromatic carbocycles. The Bertz CT molecular complexity index is 697. The third-order valence-electron chi connectivity index (χ3n) is 5.05. The molecule has 0 unspecified atom stereocenters. The number of carbonyl (C=O) groups is 1. The largest absolute Gasteiger partial charge is 0.346 e. The molecule has 1 amide bonds. The van der Waals surface area contributed by atoms with Crippen LogP contribution in [-0.4, -0.2) is 15.5 Å². The summed E-state index contributed by atoms with van der Waals surface area (Å²) in [4.78, 5) is 16.9. The van der Waals surface area contributed by atoms with Crippen LogP contribution in [0.5, 0.6) is 0 Å². The molecule has 0 aliphatic heterocycles. The molecule has 4 nitrogen and oxygen atoms in total. The highest BCUT2D eigenvalue weighted by molar-refractivity contribution is 5.86. The SMILES string of the molecule is Cc1cccc(C2(NC(=O)C3(Cn4ccnc4)CC3)CC2)c1. The first kappa shape index (κ1) is 13.6. The van der Waals surface area contributed by atoms with Crippen molar-refractivity contribution in [2.75, 3.05) is 0 Å². The van der Waals surface area contributed by atoms with Crippen molar-refractivity contribution < 1.29 is 4.79 Å². The van der Waals surface area contributed by atoms with Gasteiger partial charge in [0, 0.05) is 18.9 Å². The summed E-state index contributed by atoms with van der Waals surface area (Å²) in [6.07, 6.45) is 9.53. The lowest BCUT2D eigenvalue weighted by Gasteiger charge is -2.23. The van der Waals surface area contributed by atoms with Gasteiger partial charge in [-0.1, -0.05) is 29.8 Å². The van der Waals surface area contributed by atoms with Crippen molar-refractivity contribution in [3.05, 3.63) is 54.1 Å². The highest BCUT2D eigenvalue weighted by Gasteiger charge is 2.54. The number of nitrogens with zero attached hydrogens (tertiary/aromatic N) is 2. The van der Waals surface area contributed by atoms with Crippen LogP contribution in [-0.2, 0) is 16.9 Å². The number of aromatic nitrogens is 2. The lowest BCUT2D eigenvalue weighted by molar-refractivity contribution is -0.128. The zero-order valence-corrected chi connectivity index (χ0v) is 12.9. The molecule has 4 rings (SSSR count). The van der Waals surface area contributed by atoms with Crippen molar-refractivity contribution in [3.63, 3.8) is 0 Å². The van der Waals surface area contributed by atoms with Gasteiger partial charge in [0.05, 0.1) is 17.3 Å². The Balaban J connectivity index is 1.50. The van der Waals surface area contributed by atoms with Gasteiger partial charge >= 0.3 is 0 Å². The van der Waals surface area contributed by atoms with Gasteiger partial charge in [0.2, 0.25) is 5.91 Å². The van der Waals surface area contributed by atoms with E-state index in [1.54, 1.807) is 12.5 Å². The first-order valence-electron chi connectivity index (χ1n) is 7.98. The van der Waals surface area contributed by atoms with E-state index in [0.29, 0.717) is 0 Å². The lowest BCUT2D eigenvalue weighted by Crippen LogP contribution is -2.41. The fraction of sp³-hybridized carbons (Fsp3) is 0.444. The molecule has 0 spiro atoms. The lowest BCUT2D eigenvalue weighted by atomic mass is 10.00. The van der Waals surface area contributed by atoms with Gasteiger partial charge in [-0.25, -0.2) is 4.98 Å². The summed E-state index contributed by atoms with van der Waals surface area (Å²) in [5, 5.41) is 3.35. The second kappa shape index (κ2) is 4.70. The van der Waals surface area contributed by atoms with E-state index in [2.05, 4.69) is 41.5 Å². The molecule has 4 heteroatoms. The van der Waals surface area contributed by atoms with E-state index < -0.39 is 0 Å². The molecule has 2 aliphatic rings. The van der Waals surface area contributed by atoms with E-state index in [0.717, 1.165) is 32.2 Å². The Kier molecular flexibility index (Phi) is 2.90. The minimum absolute atomic E-state index is 0.117. The van der Waals surface area contributed by atoms with E-state index in [1.807, 2.05) is 10.8 Å². The van der Waals surface area contributed by atoms with Crippen molar-refractivity contribution >= 4 is 5.91 Å². The maximum atomic E-state index is 12.8. The first-order valence-corrected chi connectivity index (χ1v) is 7.98. The maximum absolute atomic E-state index is 12.8. The number of hydrogen-bond acceptors (Lipinski definition) is 2. The molecular formula is C18H21N3O. The Morgan fingerprint density at radius 3 is 2.73 bits per heavy atom.